The Balaban J connectivity index is 1.87. The lowest BCUT2D eigenvalue weighted by Crippen LogP contribution is -2.30. The summed E-state index contributed by atoms with van der Waals surface area (Å²) in [5.41, 5.74) is 0. The van der Waals surface area contributed by atoms with E-state index < -0.39 is 0 Å². The Kier molecular flexibility index (Phi) is 4.60. The van der Waals surface area contributed by atoms with E-state index in [0.717, 1.165) is 23.1 Å². The molecule has 3 heteroatoms. The molecule has 1 N–H and O–H groups in total. The molecule has 21 heavy (non-hydrogen) atoms. The van der Waals surface area contributed by atoms with Gasteiger partial charge in [0.15, 0.2) is 0 Å². The van der Waals surface area contributed by atoms with Gasteiger partial charge in [-0.1, -0.05) is 32.8 Å². The van der Waals surface area contributed by atoms with Crippen molar-refractivity contribution in [2.45, 2.75) is 45.6 Å². The number of hydrogen-bond donors (Lipinski definition) is 1. The van der Waals surface area contributed by atoms with Gasteiger partial charge in [-0.2, -0.15) is 0 Å². The van der Waals surface area contributed by atoms with Gasteiger partial charge in [0.05, 0.1) is 0 Å². The first-order chi connectivity index (χ1) is 10.2. The molecular formula is C18H24FNS. The Bertz CT molecular complexity index is 598. The minimum atomic E-state index is -0.137. The van der Waals surface area contributed by atoms with Crippen molar-refractivity contribution in [1.82, 2.24) is 5.32 Å². The molecule has 3 rings (SSSR count). The molecule has 0 bridgehead atoms. The van der Waals surface area contributed by atoms with Crippen molar-refractivity contribution in [2.24, 2.45) is 11.8 Å². The first-order valence-corrected chi connectivity index (χ1v) is 8.91. The van der Waals surface area contributed by atoms with Gasteiger partial charge in [0.25, 0.3) is 0 Å². The minimum Gasteiger partial charge on any atom is -0.309 e. The fraction of sp³-hybridized carbons (Fsp3) is 0.556. The summed E-state index contributed by atoms with van der Waals surface area (Å²) in [4.78, 5) is 1.37. The highest BCUT2D eigenvalue weighted by atomic mass is 32.1. The fourth-order valence-corrected chi connectivity index (χ4v) is 4.78. The van der Waals surface area contributed by atoms with Crippen molar-refractivity contribution in [3.05, 3.63) is 35.0 Å². The predicted molar refractivity (Wildman–Crippen MR) is 89.3 cm³/mol. The summed E-state index contributed by atoms with van der Waals surface area (Å²) in [7, 11) is 0. The SMILES string of the molecule is CCNC(c1cc2ccc(F)cc2s1)C1CCC(C)CC1. The average Bonchev–Trinajstić information content (AvgIpc) is 2.88. The summed E-state index contributed by atoms with van der Waals surface area (Å²) in [5, 5.41) is 4.85. The van der Waals surface area contributed by atoms with E-state index in [0.29, 0.717) is 6.04 Å². The zero-order chi connectivity index (χ0) is 14.8. The van der Waals surface area contributed by atoms with Crippen molar-refractivity contribution >= 4 is 21.4 Å². The highest BCUT2D eigenvalue weighted by molar-refractivity contribution is 7.19. The maximum Gasteiger partial charge on any atom is 0.124 e. The van der Waals surface area contributed by atoms with Crippen LogP contribution >= 0.6 is 11.3 Å². The standard InChI is InChI=1S/C18H24FNS/c1-3-20-18(13-6-4-12(2)5-7-13)17-10-14-8-9-15(19)11-16(14)21-17/h8-13,18,20H,3-7H2,1-2H3. The summed E-state index contributed by atoms with van der Waals surface area (Å²) in [6.45, 7) is 5.52. The van der Waals surface area contributed by atoms with Gasteiger partial charge in [-0.25, -0.2) is 4.39 Å². The Morgan fingerprint density at radius 2 is 2.00 bits per heavy atom. The molecule has 114 valence electrons. The van der Waals surface area contributed by atoms with Crippen LogP contribution in [0.25, 0.3) is 10.1 Å². The van der Waals surface area contributed by atoms with Gasteiger partial charge in [0.1, 0.15) is 5.82 Å². The van der Waals surface area contributed by atoms with Crippen LogP contribution in [0.2, 0.25) is 0 Å². The molecule has 0 aliphatic heterocycles. The van der Waals surface area contributed by atoms with Crippen LogP contribution < -0.4 is 5.32 Å². The smallest absolute Gasteiger partial charge is 0.124 e. The van der Waals surface area contributed by atoms with Crippen molar-refractivity contribution < 1.29 is 4.39 Å². The molecule has 1 nitrogen and oxygen atoms in total. The highest BCUT2D eigenvalue weighted by Gasteiger charge is 2.27. The summed E-state index contributed by atoms with van der Waals surface area (Å²) in [5.74, 6) is 1.46. The molecule has 1 aliphatic rings. The molecule has 1 unspecified atom stereocenters. The van der Waals surface area contributed by atoms with Crippen molar-refractivity contribution in [3.8, 4) is 0 Å². The number of rotatable bonds is 4. The summed E-state index contributed by atoms with van der Waals surface area (Å²) in [6.07, 6.45) is 5.29. The van der Waals surface area contributed by atoms with Crippen LogP contribution in [0.3, 0.4) is 0 Å². The van der Waals surface area contributed by atoms with Crippen LogP contribution in [0.1, 0.15) is 50.4 Å². The van der Waals surface area contributed by atoms with Gasteiger partial charge >= 0.3 is 0 Å². The first-order valence-electron chi connectivity index (χ1n) is 8.09. The van der Waals surface area contributed by atoms with Gasteiger partial charge in [-0.15, -0.1) is 11.3 Å². The molecular weight excluding hydrogens is 281 g/mol. The Hall–Kier alpha value is -0.930. The highest BCUT2D eigenvalue weighted by Crippen LogP contribution is 2.40. The second kappa shape index (κ2) is 6.45. The van der Waals surface area contributed by atoms with E-state index in [2.05, 4.69) is 25.2 Å². The second-order valence-corrected chi connectivity index (χ2v) is 7.50. The number of nitrogens with one attached hydrogen (secondary N) is 1. The maximum atomic E-state index is 13.4. The normalized spacial score (nSPS) is 24.3. The third-order valence-corrected chi connectivity index (χ3v) is 5.94. The molecule has 1 aromatic carbocycles. The third kappa shape index (κ3) is 3.29. The lowest BCUT2D eigenvalue weighted by Gasteiger charge is -2.32. The van der Waals surface area contributed by atoms with Gasteiger partial charge < -0.3 is 5.32 Å². The minimum absolute atomic E-state index is 0.137. The van der Waals surface area contributed by atoms with E-state index >= 15 is 0 Å². The predicted octanol–water partition coefficient (Wildman–Crippen LogP) is 5.52. The van der Waals surface area contributed by atoms with E-state index in [1.165, 1.54) is 35.9 Å². The zero-order valence-electron chi connectivity index (χ0n) is 12.9. The lowest BCUT2D eigenvalue weighted by atomic mass is 9.79. The molecule has 0 amide bonds. The van der Waals surface area contributed by atoms with Crippen LogP contribution in [0.15, 0.2) is 24.3 Å². The molecule has 1 saturated carbocycles. The summed E-state index contributed by atoms with van der Waals surface area (Å²) >= 11 is 1.75. The Labute approximate surface area is 130 Å². The van der Waals surface area contributed by atoms with Crippen LogP contribution in [-0.2, 0) is 0 Å². The fourth-order valence-electron chi connectivity index (χ4n) is 3.52. The molecule has 0 radical (unpaired) electrons. The topological polar surface area (TPSA) is 12.0 Å². The quantitative estimate of drug-likeness (QED) is 0.784. The second-order valence-electron chi connectivity index (χ2n) is 6.39. The van der Waals surface area contributed by atoms with Gasteiger partial charge in [0, 0.05) is 15.6 Å². The van der Waals surface area contributed by atoms with Gasteiger partial charge in [0.2, 0.25) is 0 Å². The van der Waals surface area contributed by atoms with Crippen LogP contribution in [-0.4, -0.2) is 6.54 Å². The molecule has 2 aromatic rings. The third-order valence-electron chi connectivity index (χ3n) is 4.76. The average molecular weight is 305 g/mol. The van der Waals surface area contributed by atoms with E-state index in [4.69, 9.17) is 0 Å². The lowest BCUT2D eigenvalue weighted by molar-refractivity contribution is 0.235. The number of thiophene rings is 1. The molecule has 1 atom stereocenters. The van der Waals surface area contributed by atoms with Crippen LogP contribution in [0, 0.1) is 17.7 Å². The van der Waals surface area contributed by atoms with Crippen molar-refractivity contribution in [1.29, 1.82) is 0 Å². The maximum absolute atomic E-state index is 13.4. The summed E-state index contributed by atoms with van der Waals surface area (Å²) < 4.78 is 14.5. The zero-order valence-corrected chi connectivity index (χ0v) is 13.7. The summed E-state index contributed by atoms with van der Waals surface area (Å²) in [6, 6.07) is 7.81. The van der Waals surface area contributed by atoms with Crippen LogP contribution in [0.4, 0.5) is 4.39 Å². The molecule has 0 spiro atoms. The van der Waals surface area contributed by atoms with E-state index in [-0.39, 0.29) is 5.82 Å². The van der Waals surface area contributed by atoms with E-state index in [9.17, 15) is 4.39 Å². The van der Waals surface area contributed by atoms with E-state index in [1.807, 2.05) is 6.07 Å². The Morgan fingerprint density at radius 3 is 2.71 bits per heavy atom. The molecule has 1 fully saturated rings. The molecule has 1 heterocycles. The van der Waals surface area contributed by atoms with Gasteiger partial charge in [-0.3, -0.25) is 0 Å². The first kappa shape index (κ1) is 15.0. The molecule has 1 aromatic heterocycles. The van der Waals surface area contributed by atoms with Crippen molar-refractivity contribution in [2.75, 3.05) is 6.54 Å². The number of fused-ring (bicyclic) bond motifs is 1. The molecule has 1 aliphatic carbocycles. The monoisotopic (exact) mass is 305 g/mol. The number of benzene rings is 1. The largest absolute Gasteiger partial charge is 0.309 e. The van der Waals surface area contributed by atoms with Crippen molar-refractivity contribution in [3.63, 3.8) is 0 Å². The number of hydrogen-bond acceptors (Lipinski definition) is 2. The van der Waals surface area contributed by atoms with Gasteiger partial charge in [-0.05, 0) is 54.8 Å². The Morgan fingerprint density at radius 1 is 1.24 bits per heavy atom. The number of halogens is 1. The van der Waals surface area contributed by atoms with E-state index in [1.54, 1.807) is 23.5 Å². The molecule has 0 saturated heterocycles. The van der Waals surface area contributed by atoms with Crippen LogP contribution in [0.5, 0.6) is 0 Å².